The second-order valence-electron chi connectivity index (χ2n) is 4.11. The first kappa shape index (κ1) is 12.7. The predicted octanol–water partition coefficient (Wildman–Crippen LogP) is 4.89. The lowest BCUT2D eigenvalue weighted by Gasteiger charge is -2.03. The van der Waals surface area contributed by atoms with Gasteiger partial charge in [-0.3, -0.25) is 0 Å². The third kappa shape index (κ3) is 2.18. The fourth-order valence-electron chi connectivity index (χ4n) is 1.99. The lowest BCUT2D eigenvalue weighted by atomic mass is 10.1. The molecule has 2 heterocycles. The maximum absolute atomic E-state index is 6.23. The van der Waals surface area contributed by atoms with E-state index in [1.165, 1.54) is 0 Å². The Kier molecular flexibility index (Phi) is 3.13. The van der Waals surface area contributed by atoms with Gasteiger partial charge < -0.3 is 4.98 Å². The Morgan fingerprint density at radius 1 is 1.05 bits per heavy atom. The Balaban J connectivity index is 2.31. The van der Waals surface area contributed by atoms with Gasteiger partial charge in [0, 0.05) is 22.3 Å². The highest BCUT2D eigenvalue weighted by Gasteiger charge is 2.14. The molecule has 0 saturated carbocycles. The van der Waals surface area contributed by atoms with E-state index in [0.717, 1.165) is 16.6 Å². The number of aromatic amines is 1. The molecule has 6 heteroatoms. The molecule has 0 bridgehead atoms. The Hall–Kier alpha value is -1.29. The van der Waals surface area contributed by atoms with Gasteiger partial charge in [-0.15, -0.1) is 0 Å². The van der Waals surface area contributed by atoms with Crippen LogP contribution in [-0.2, 0) is 0 Å². The van der Waals surface area contributed by atoms with Crippen molar-refractivity contribution in [3.63, 3.8) is 0 Å². The van der Waals surface area contributed by atoms with Gasteiger partial charge in [0.2, 0.25) is 0 Å². The third-order valence-electron chi connectivity index (χ3n) is 2.81. The van der Waals surface area contributed by atoms with E-state index in [2.05, 4.69) is 15.0 Å². The van der Waals surface area contributed by atoms with Crippen molar-refractivity contribution in [1.82, 2.24) is 15.0 Å². The number of hydrogen-bond donors (Lipinski definition) is 1. The molecule has 0 aliphatic carbocycles. The molecule has 19 heavy (non-hydrogen) atoms. The number of fused-ring (bicyclic) bond motifs is 1. The van der Waals surface area contributed by atoms with Gasteiger partial charge in [0.05, 0.1) is 5.02 Å². The number of hydrogen-bond acceptors (Lipinski definition) is 2. The van der Waals surface area contributed by atoms with Crippen LogP contribution in [0.2, 0.25) is 15.2 Å². The van der Waals surface area contributed by atoms with Crippen LogP contribution in [0.3, 0.4) is 0 Å². The number of aromatic nitrogens is 3. The van der Waals surface area contributed by atoms with Crippen LogP contribution in [0.1, 0.15) is 5.82 Å². The first-order valence-electron chi connectivity index (χ1n) is 5.53. The number of halogens is 3. The monoisotopic (exact) mass is 311 g/mol. The lowest BCUT2D eigenvalue weighted by molar-refractivity contribution is 1.09. The average molecular weight is 313 g/mol. The van der Waals surface area contributed by atoms with Gasteiger partial charge in [-0.25, -0.2) is 9.97 Å². The summed E-state index contributed by atoms with van der Waals surface area (Å²) >= 11 is 18.2. The normalized spacial score (nSPS) is 11.2. The summed E-state index contributed by atoms with van der Waals surface area (Å²) < 4.78 is 0. The van der Waals surface area contributed by atoms with Crippen LogP contribution in [0.5, 0.6) is 0 Å². The molecule has 0 unspecified atom stereocenters. The quantitative estimate of drug-likeness (QED) is 0.650. The van der Waals surface area contributed by atoms with Crippen molar-refractivity contribution in [2.75, 3.05) is 0 Å². The summed E-state index contributed by atoms with van der Waals surface area (Å²) in [6.45, 7) is 1.80. The smallest absolute Gasteiger partial charge is 0.156 e. The first-order valence-corrected chi connectivity index (χ1v) is 6.66. The molecule has 0 aliphatic heterocycles. The number of nitrogens with one attached hydrogen (secondary N) is 1. The van der Waals surface area contributed by atoms with Crippen molar-refractivity contribution in [2.24, 2.45) is 0 Å². The number of H-pyrrole nitrogens is 1. The van der Waals surface area contributed by atoms with Gasteiger partial charge in [-0.1, -0.05) is 40.9 Å². The van der Waals surface area contributed by atoms with Crippen molar-refractivity contribution in [2.45, 2.75) is 6.92 Å². The van der Waals surface area contributed by atoms with Crippen LogP contribution < -0.4 is 0 Å². The van der Waals surface area contributed by atoms with Gasteiger partial charge in [0.1, 0.15) is 16.9 Å². The summed E-state index contributed by atoms with van der Waals surface area (Å²) in [6.07, 6.45) is 1.82. The van der Waals surface area contributed by atoms with Gasteiger partial charge in [0.15, 0.2) is 5.15 Å². The van der Waals surface area contributed by atoms with E-state index in [4.69, 9.17) is 34.8 Å². The highest BCUT2D eigenvalue weighted by atomic mass is 35.5. The molecule has 3 aromatic rings. The first-order chi connectivity index (χ1) is 9.06. The number of rotatable bonds is 1. The molecule has 0 saturated heterocycles. The van der Waals surface area contributed by atoms with E-state index >= 15 is 0 Å². The van der Waals surface area contributed by atoms with Crippen molar-refractivity contribution in [3.05, 3.63) is 45.4 Å². The zero-order valence-corrected chi connectivity index (χ0v) is 12.1. The van der Waals surface area contributed by atoms with Gasteiger partial charge >= 0.3 is 0 Å². The summed E-state index contributed by atoms with van der Waals surface area (Å²) in [4.78, 5) is 11.6. The van der Waals surface area contributed by atoms with Crippen LogP contribution in [0.25, 0.3) is 22.2 Å². The van der Waals surface area contributed by atoms with Gasteiger partial charge in [-0.05, 0) is 19.1 Å². The summed E-state index contributed by atoms with van der Waals surface area (Å²) in [6, 6.07) is 5.35. The summed E-state index contributed by atoms with van der Waals surface area (Å²) in [5.74, 6) is 0.614. The molecule has 0 fully saturated rings. The van der Waals surface area contributed by atoms with Crippen molar-refractivity contribution >= 4 is 45.8 Å². The van der Waals surface area contributed by atoms with Gasteiger partial charge in [0.25, 0.3) is 0 Å². The minimum absolute atomic E-state index is 0.402. The minimum atomic E-state index is 0.402. The maximum Gasteiger partial charge on any atom is 0.156 e. The Morgan fingerprint density at radius 3 is 2.58 bits per heavy atom. The van der Waals surface area contributed by atoms with Crippen LogP contribution in [0.15, 0.2) is 24.4 Å². The molecular weight excluding hydrogens is 305 g/mol. The number of benzene rings is 1. The molecule has 1 aromatic carbocycles. The predicted molar refractivity (Wildman–Crippen MR) is 79.1 cm³/mol. The molecule has 96 valence electrons. The topological polar surface area (TPSA) is 41.6 Å². The molecule has 1 N–H and O–H groups in total. The van der Waals surface area contributed by atoms with Crippen molar-refractivity contribution in [3.8, 4) is 11.1 Å². The largest absolute Gasteiger partial charge is 0.357 e. The summed E-state index contributed by atoms with van der Waals surface area (Å²) in [7, 11) is 0. The standard InChI is InChI=1S/C13H8Cl3N3/c1-6-18-11-9(5-17-12(11)13(16)19-6)8-3-2-7(14)4-10(8)15/h2-5,17H,1H3. The highest BCUT2D eigenvalue weighted by Crippen LogP contribution is 2.35. The zero-order chi connectivity index (χ0) is 13.6. The van der Waals surface area contributed by atoms with E-state index < -0.39 is 0 Å². The molecule has 3 rings (SSSR count). The van der Waals surface area contributed by atoms with Gasteiger partial charge in [-0.2, -0.15) is 0 Å². The zero-order valence-electron chi connectivity index (χ0n) is 9.84. The second-order valence-corrected chi connectivity index (χ2v) is 5.31. The van der Waals surface area contributed by atoms with E-state index in [1.54, 1.807) is 19.1 Å². The van der Waals surface area contributed by atoms with Crippen molar-refractivity contribution < 1.29 is 0 Å². The fraction of sp³-hybridized carbons (Fsp3) is 0.0769. The number of aryl methyl sites for hydroxylation is 1. The molecule has 0 aliphatic rings. The highest BCUT2D eigenvalue weighted by molar-refractivity contribution is 6.37. The number of nitrogens with zero attached hydrogens (tertiary/aromatic N) is 2. The molecule has 0 spiro atoms. The second kappa shape index (κ2) is 4.67. The van der Waals surface area contributed by atoms with E-state index in [9.17, 15) is 0 Å². The van der Waals surface area contributed by atoms with Crippen LogP contribution in [0.4, 0.5) is 0 Å². The van der Waals surface area contributed by atoms with Crippen LogP contribution in [-0.4, -0.2) is 15.0 Å². The van der Waals surface area contributed by atoms with E-state index in [0.29, 0.717) is 26.5 Å². The summed E-state index contributed by atoms with van der Waals surface area (Å²) in [5.41, 5.74) is 3.19. The molecular formula is C13H8Cl3N3. The average Bonchev–Trinajstić information content (AvgIpc) is 2.73. The Morgan fingerprint density at radius 2 is 1.84 bits per heavy atom. The fourth-order valence-corrected chi connectivity index (χ4v) is 2.76. The molecule has 0 radical (unpaired) electrons. The minimum Gasteiger partial charge on any atom is -0.357 e. The molecule has 0 atom stereocenters. The SMILES string of the molecule is Cc1nc(Cl)c2[nH]cc(-c3ccc(Cl)cc3Cl)c2n1. The Bertz CT molecular complexity index is 780. The Labute approximate surface area is 124 Å². The summed E-state index contributed by atoms with van der Waals surface area (Å²) in [5, 5.41) is 1.57. The van der Waals surface area contributed by atoms with Crippen LogP contribution >= 0.6 is 34.8 Å². The lowest BCUT2D eigenvalue weighted by Crippen LogP contribution is -1.89. The van der Waals surface area contributed by atoms with Crippen LogP contribution in [0, 0.1) is 6.92 Å². The molecule has 3 nitrogen and oxygen atoms in total. The molecule has 0 amide bonds. The van der Waals surface area contributed by atoms with E-state index in [1.807, 2.05) is 12.3 Å². The third-order valence-corrected chi connectivity index (χ3v) is 3.64. The van der Waals surface area contributed by atoms with Crippen molar-refractivity contribution in [1.29, 1.82) is 0 Å². The maximum atomic E-state index is 6.23. The molecule has 2 aromatic heterocycles. The van der Waals surface area contributed by atoms with E-state index in [-0.39, 0.29) is 0 Å².